The molecule has 5 rings (SSSR count). The minimum absolute atomic E-state index is 0.286. The lowest BCUT2D eigenvalue weighted by Crippen LogP contribution is -2.19. The van der Waals surface area contributed by atoms with Gasteiger partial charge in [0.2, 0.25) is 0 Å². The van der Waals surface area contributed by atoms with Gasteiger partial charge in [-0.15, -0.1) is 0 Å². The topological polar surface area (TPSA) is 92.8 Å². The molecule has 0 saturated heterocycles. The fourth-order valence-electron chi connectivity index (χ4n) is 4.21. The van der Waals surface area contributed by atoms with Gasteiger partial charge in [-0.05, 0) is 77.5 Å². The molecule has 9 heteroatoms. The Labute approximate surface area is 249 Å². The number of fused-ring (bicyclic) bond motifs is 1. The van der Waals surface area contributed by atoms with Crippen LogP contribution in [0.2, 0.25) is 5.02 Å². The van der Waals surface area contributed by atoms with Crippen LogP contribution in [0.3, 0.4) is 0 Å². The zero-order chi connectivity index (χ0) is 28.1. The van der Waals surface area contributed by atoms with Crippen molar-refractivity contribution in [3.63, 3.8) is 0 Å². The first-order chi connectivity index (χ1) is 19.5. The summed E-state index contributed by atoms with van der Waals surface area (Å²) in [5.74, 6) is -0.239. The molecule has 4 aromatic carbocycles. The van der Waals surface area contributed by atoms with Gasteiger partial charge in [-0.25, -0.2) is 10.2 Å². The molecule has 0 unspecified atom stereocenters. The summed E-state index contributed by atoms with van der Waals surface area (Å²) in [4.78, 5) is 29.1. The number of rotatable bonds is 8. The van der Waals surface area contributed by atoms with E-state index in [-0.39, 0.29) is 5.75 Å². The molecule has 5 aromatic rings. The van der Waals surface area contributed by atoms with E-state index in [0.717, 1.165) is 20.0 Å². The van der Waals surface area contributed by atoms with Gasteiger partial charge in [-0.2, -0.15) is 5.10 Å². The summed E-state index contributed by atoms with van der Waals surface area (Å²) < 4.78 is 12.2. The smallest absolute Gasteiger partial charge is 0.343 e. The van der Waals surface area contributed by atoms with Crippen molar-refractivity contribution in [2.45, 2.75) is 6.92 Å². The number of hydrazone groups is 1. The van der Waals surface area contributed by atoms with E-state index in [9.17, 15) is 9.59 Å². The van der Waals surface area contributed by atoms with E-state index < -0.39 is 11.9 Å². The number of para-hydroxylation sites is 1. The molecule has 2 N–H and O–H groups in total. The number of halogens is 2. The SMILES string of the molecule is CCOc1cc(C=NNC(=O)c2[nH]c3c(I)cccc3c2-c2ccccc2Cl)ccc1OC(=O)c1ccccc1. The molecular weight excluding hydrogens is 641 g/mol. The first-order valence-corrected chi connectivity index (χ1v) is 13.8. The van der Waals surface area contributed by atoms with Gasteiger partial charge in [-0.1, -0.05) is 60.1 Å². The number of H-pyrrole nitrogens is 1. The number of benzene rings is 4. The number of carbonyl (C=O) groups is 2. The lowest BCUT2D eigenvalue weighted by molar-refractivity contribution is 0.0728. The Morgan fingerprint density at radius 2 is 1.75 bits per heavy atom. The van der Waals surface area contributed by atoms with Crippen LogP contribution >= 0.6 is 34.2 Å². The number of amides is 1. The third-order valence-corrected chi connectivity index (χ3v) is 7.24. The van der Waals surface area contributed by atoms with Crippen LogP contribution in [0.25, 0.3) is 22.0 Å². The Hall–Kier alpha value is -4.15. The average Bonchev–Trinajstić information content (AvgIpc) is 3.36. The third-order valence-electron chi connectivity index (χ3n) is 6.01. The van der Waals surface area contributed by atoms with Crippen molar-refractivity contribution >= 4 is 63.2 Å². The van der Waals surface area contributed by atoms with Crippen LogP contribution in [-0.4, -0.2) is 29.7 Å². The maximum absolute atomic E-state index is 13.3. The largest absolute Gasteiger partial charge is 0.490 e. The molecule has 0 aliphatic carbocycles. The number of esters is 1. The lowest BCUT2D eigenvalue weighted by Gasteiger charge is -2.11. The van der Waals surface area contributed by atoms with Crippen LogP contribution < -0.4 is 14.9 Å². The van der Waals surface area contributed by atoms with Crippen molar-refractivity contribution in [2.24, 2.45) is 5.10 Å². The predicted molar refractivity (Wildman–Crippen MR) is 166 cm³/mol. The van der Waals surface area contributed by atoms with E-state index in [1.54, 1.807) is 48.5 Å². The minimum atomic E-state index is -0.488. The highest BCUT2D eigenvalue weighted by Crippen LogP contribution is 2.38. The molecule has 0 atom stereocenters. The molecule has 40 heavy (non-hydrogen) atoms. The van der Waals surface area contributed by atoms with Crippen LogP contribution in [0.15, 0.2) is 96.1 Å². The van der Waals surface area contributed by atoms with Gasteiger partial charge in [-0.3, -0.25) is 4.79 Å². The Morgan fingerprint density at radius 1 is 0.975 bits per heavy atom. The van der Waals surface area contributed by atoms with Gasteiger partial charge in [0.25, 0.3) is 5.91 Å². The summed E-state index contributed by atoms with van der Waals surface area (Å²) >= 11 is 8.75. The fraction of sp³-hybridized carbons (Fsp3) is 0.0645. The van der Waals surface area contributed by atoms with Crippen molar-refractivity contribution < 1.29 is 19.1 Å². The van der Waals surface area contributed by atoms with Crippen LogP contribution in [0.1, 0.15) is 33.3 Å². The molecule has 0 aliphatic heterocycles. The van der Waals surface area contributed by atoms with E-state index in [1.165, 1.54) is 6.21 Å². The summed E-state index contributed by atoms with van der Waals surface area (Å²) in [7, 11) is 0. The zero-order valence-corrected chi connectivity index (χ0v) is 24.2. The molecular formula is C31H23ClIN3O4. The van der Waals surface area contributed by atoms with Crippen molar-refractivity contribution in [1.82, 2.24) is 10.4 Å². The summed E-state index contributed by atoms with van der Waals surface area (Å²) in [6.07, 6.45) is 1.49. The molecule has 1 aromatic heterocycles. The molecule has 0 radical (unpaired) electrons. The van der Waals surface area contributed by atoms with Crippen molar-refractivity contribution in [1.29, 1.82) is 0 Å². The summed E-state index contributed by atoms with van der Waals surface area (Å²) in [6, 6.07) is 27.0. The fourth-order valence-corrected chi connectivity index (χ4v) is 5.07. The van der Waals surface area contributed by atoms with Crippen molar-refractivity contribution in [3.8, 4) is 22.6 Å². The highest BCUT2D eigenvalue weighted by atomic mass is 127. The van der Waals surface area contributed by atoms with Gasteiger partial charge >= 0.3 is 5.97 Å². The quantitative estimate of drug-likeness (QED) is 0.0592. The molecule has 1 amide bonds. The normalized spacial score (nSPS) is 11.1. The minimum Gasteiger partial charge on any atom is -0.490 e. The van der Waals surface area contributed by atoms with E-state index in [4.69, 9.17) is 21.1 Å². The predicted octanol–water partition coefficient (Wildman–Crippen LogP) is 7.47. The molecule has 200 valence electrons. The molecule has 1 heterocycles. The van der Waals surface area contributed by atoms with Crippen LogP contribution in [0.5, 0.6) is 11.5 Å². The van der Waals surface area contributed by atoms with Crippen LogP contribution in [-0.2, 0) is 0 Å². The second kappa shape index (κ2) is 12.4. The number of ether oxygens (including phenoxy) is 2. The summed E-state index contributed by atoms with van der Waals surface area (Å²) in [5.41, 5.74) is 6.32. The average molecular weight is 664 g/mol. The molecule has 0 bridgehead atoms. The number of hydrogen-bond acceptors (Lipinski definition) is 5. The Kier molecular flexibility index (Phi) is 8.47. The Morgan fingerprint density at radius 3 is 2.52 bits per heavy atom. The van der Waals surface area contributed by atoms with E-state index in [2.05, 4.69) is 38.1 Å². The first-order valence-electron chi connectivity index (χ1n) is 12.4. The van der Waals surface area contributed by atoms with Gasteiger partial charge < -0.3 is 14.5 Å². The molecule has 0 fully saturated rings. The number of hydrogen-bond donors (Lipinski definition) is 2. The third kappa shape index (κ3) is 5.88. The number of carbonyl (C=O) groups excluding carboxylic acids is 2. The maximum atomic E-state index is 13.3. The number of nitrogens with zero attached hydrogens (tertiary/aromatic N) is 1. The van der Waals surface area contributed by atoms with Gasteiger partial charge in [0, 0.05) is 25.1 Å². The highest BCUT2D eigenvalue weighted by molar-refractivity contribution is 14.1. The number of aromatic amines is 1. The zero-order valence-electron chi connectivity index (χ0n) is 21.3. The summed E-state index contributed by atoms with van der Waals surface area (Å²) in [6.45, 7) is 2.21. The number of nitrogens with one attached hydrogen (secondary N) is 2. The van der Waals surface area contributed by atoms with Crippen molar-refractivity contribution in [3.05, 3.63) is 116 Å². The highest BCUT2D eigenvalue weighted by Gasteiger charge is 2.21. The second-order valence-electron chi connectivity index (χ2n) is 8.61. The monoisotopic (exact) mass is 663 g/mol. The summed E-state index contributed by atoms with van der Waals surface area (Å²) in [5, 5.41) is 5.59. The van der Waals surface area contributed by atoms with E-state index >= 15 is 0 Å². The lowest BCUT2D eigenvalue weighted by atomic mass is 10.0. The van der Waals surface area contributed by atoms with Gasteiger partial charge in [0.05, 0.1) is 23.9 Å². The second-order valence-corrected chi connectivity index (χ2v) is 10.2. The molecule has 0 aliphatic rings. The Bertz CT molecular complexity index is 1730. The molecule has 0 spiro atoms. The maximum Gasteiger partial charge on any atom is 0.343 e. The van der Waals surface area contributed by atoms with Gasteiger partial charge in [0.15, 0.2) is 11.5 Å². The molecule has 0 saturated carbocycles. The van der Waals surface area contributed by atoms with Crippen molar-refractivity contribution in [2.75, 3.05) is 6.61 Å². The molecule has 7 nitrogen and oxygen atoms in total. The first kappa shape index (κ1) is 27.4. The van der Waals surface area contributed by atoms with Crippen LogP contribution in [0.4, 0.5) is 0 Å². The Balaban J connectivity index is 1.39. The number of aromatic nitrogens is 1. The van der Waals surface area contributed by atoms with Crippen LogP contribution in [0, 0.1) is 3.57 Å². The van der Waals surface area contributed by atoms with E-state index in [0.29, 0.717) is 39.8 Å². The van der Waals surface area contributed by atoms with E-state index in [1.807, 2.05) is 49.4 Å². The van der Waals surface area contributed by atoms with Gasteiger partial charge in [0.1, 0.15) is 5.69 Å². The standard InChI is InChI=1S/C31H23ClIN3O4/c1-2-39-26-17-19(15-16-25(26)40-31(38)20-9-4-3-5-10-20)18-34-36-30(37)29-27(21-11-6-7-13-23(21)32)22-12-8-14-24(33)28(22)35-29/h3-18,35H,2H2,1H3,(H,36,37).